The lowest BCUT2D eigenvalue weighted by atomic mass is 10.2. The van der Waals surface area contributed by atoms with Crippen LogP contribution in [-0.2, 0) is 17.8 Å². The molecule has 0 aliphatic rings. The lowest BCUT2D eigenvalue weighted by molar-refractivity contribution is -0.122. The summed E-state index contributed by atoms with van der Waals surface area (Å²) in [5.74, 6) is -0.0356. The monoisotopic (exact) mass is 261 g/mol. The van der Waals surface area contributed by atoms with Gasteiger partial charge >= 0.3 is 0 Å². The maximum absolute atomic E-state index is 11.9. The van der Waals surface area contributed by atoms with Crippen LogP contribution in [0.3, 0.4) is 0 Å². The molecule has 0 aliphatic carbocycles. The van der Waals surface area contributed by atoms with Gasteiger partial charge in [-0.3, -0.25) is 14.6 Å². The third-order valence-electron chi connectivity index (χ3n) is 2.90. The van der Waals surface area contributed by atoms with Crippen molar-refractivity contribution >= 4 is 5.91 Å². The number of carbonyl (C=O) groups is 1. The van der Waals surface area contributed by atoms with E-state index in [-0.39, 0.29) is 18.5 Å². The number of rotatable bonds is 5. The van der Waals surface area contributed by atoms with Crippen LogP contribution in [0.2, 0.25) is 0 Å². The van der Waals surface area contributed by atoms with Gasteiger partial charge in [0.25, 0.3) is 0 Å². The van der Waals surface area contributed by atoms with Crippen LogP contribution in [0.15, 0.2) is 18.3 Å². The van der Waals surface area contributed by atoms with Crippen LogP contribution in [0.4, 0.5) is 0 Å². The number of hydrogen-bond acceptors (Lipinski definition) is 3. The molecule has 2 rings (SSSR count). The lowest BCUT2D eigenvalue weighted by Gasteiger charge is -2.13. The largest absolute Gasteiger partial charge is 0.352 e. The number of aromatic nitrogens is 4. The van der Waals surface area contributed by atoms with E-state index in [1.54, 1.807) is 10.9 Å². The number of nitrogens with one attached hydrogen (secondary N) is 2. The van der Waals surface area contributed by atoms with Crippen molar-refractivity contribution in [2.24, 2.45) is 0 Å². The first kappa shape index (κ1) is 13.3. The average molecular weight is 261 g/mol. The average Bonchev–Trinajstić information content (AvgIpc) is 2.89. The summed E-state index contributed by atoms with van der Waals surface area (Å²) in [6.07, 6.45) is 2.41. The van der Waals surface area contributed by atoms with Crippen LogP contribution in [0.5, 0.6) is 0 Å². The maximum Gasteiger partial charge on any atom is 0.241 e. The molecule has 102 valence electrons. The summed E-state index contributed by atoms with van der Waals surface area (Å²) in [6, 6.07) is 3.91. The molecule has 1 unspecified atom stereocenters. The highest BCUT2D eigenvalue weighted by Crippen LogP contribution is 2.02. The summed E-state index contributed by atoms with van der Waals surface area (Å²) in [5, 5.41) is 14.1. The van der Waals surface area contributed by atoms with E-state index in [0.717, 1.165) is 17.1 Å². The van der Waals surface area contributed by atoms with Gasteiger partial charge in [0.2, 0.25) is 5.91 Å². The van der Waals surface area contributed by atoms with Crippen LogP contribution in [0, 0.1) is 13.8 Å². The second kappa shape index (κ2) is 5.69. The van der Waals surface area contributed by atoms with Gasteiger partial charge in [-0.15, -0.1) is 0 Å². The van der Waals surface area contributed by atoms with E-state index in [0.29, 0.717) is 6.42 Å². The summed E-state index contributed by atoms with van der Waals surface area (Å²) in [4.78, 5) is 11.9. The van der Waals surface area contributed by atoms with Crippen molar-refractivity contribution in [3.05, 3.63) is 35.4 Å². The zero-order chi connectivity index (χ0) is 13.8. The molecular formula is C13H19N5O. The maximum atomic E-state index is 11.9. The minimum Gasteiger partial charge on any atom is -0.352 e. The quantitative estimate of drug-likeness (QED) is 0.842. The molecule has 0 saturated carbocycles. The molecule has 0 aromatic carbocycles. The topological polar surface area (TPSA) is 75.6 Å². The normalized spacial score (nSPS) is 12.4. The van der Waals surface area contributed by atoms with Crippen molar-refractivity contribution < 1.29 is 4.79 Å². The van der Waals surface area contributed by atoms with Crippen molar-refractivity contribution in [2.75, 3.05) is 0 Å². The Balaban J connectivity index is 1.83. The van der Waals surface area contributed by atoms with Crippen LogP contribution >= 0.6 is 0 Å². The second-order valence-corrected chi connectivity index (χ2v) is 4.85. The molecule has 0 bridgehead atoms. The first-order valence-electron chi connectivity index (χ1n) is 6.33. The van der Waals surface area contributed by atoms with Crippen molar-refractivity contribution in [3.63, 3.8) is 0 Å². The summed E-state index contributed by atoms with van der Waals surface area (Å²) < 4.78 is 1.68. The SMILES string of the molecule is Cc1cc(CC(C)NC(=O)Cn2nccc2C)n[nH]1. The van der Waals surface area contributed by atoms with Crippen LogP contribution < -0.4 is 5.32 Å². The predicted octanol–water partition coefficient (Wildman–Crippen LogP) is 0.970. The minimum atomic E-state index is -0.0356. The van der Waals surface area contributed by atoms with Crippen molar-refractivity contribution in [3.8, 4) is 0 Å². The molecule has 0 fully saturated rings. The lowest BCUT2D eigenvalue weighted by Crippen LogP contribution is -2.36. The highest BCUT2D eigenvalue weighted by Gasteiger charge is 2.11. The van der Waals surface area contributed by atoms with Gasteiger partial charge in [-0.2, -0.15) is 10.2 Å². The van der Waals surface area contributed by atoms with E-state index in [4.69, 9.17) is 0 Å². The molecular weight excluding hydrogens is 242 g/mol. The van der Waals surface area contributed by atoms with E-state index >= 15 is 0 Å². The summed E-state index contributed by atoms with van der Waals surface area (Å²) in [5.41, 5.74) is 2.96. The van der Waals surface area contributed by atoms with Gasteiger partial charge in [-0.05, 0) is 32.9 Å². The summed E-state index contributed by atoms with van der Waals surface area (Å²) in [7, 11) is 0. The van der Waals surface area contributed by atoms with Crippen LogP contribution in [-0.4, -0.2) is 31.9 Å². The molecule has 2 aromatic heterocycles. The molecule has 19 heavy (non-hydrogen) atoms. The fraction of sp³-hybridized carbons (Fsp3) is 0.462. The molecule has 0 saturated heterocycles. The third-order valence-corrected chi connectivity index (χ3v) is 2.90. The Kier molecular flexibility index (Phi) is 3.99. The van der Waals surface area contributed by atoms with E-state index in [2.05, 4.69) is 20.6 Å². The minimum absolute atomic E-state index is 0.0356. The predicted molar refractivity (Wildman–Crippen MR) is 71.6 cm³/mol. The Morgan fingerprint density at radius 3 is 2.89 bits per heavy atom. The molecule has 0 radical (unpaired) electrons. The van der Waals surface area contributed by atoms with Gasteiger partial charge in [-0.25, -0.2) is 0 Å². The zero-order valence-electron chi connectivity index (χ0n) is 11.5. The summed E-state index contributed by atoms with van der Waals surface area (Å²) >= 11 is 0. The zero-order valence-corrected chi connectivity index (χ0v) is 11.5. The number of aromatic amines is 1. The summed E-state index contributed by atoms with van der Waals surface area (Å²) in [6.45, 7) is 6.11. The van der Waals surface area contributed by atoms with E-state index < -0.39 is 0 Å². The Bertz CT molecular complexity index is 557. The molecule has 2 heterocycles. The van der Waals surface area contributed by atoms with Crippen LogP contribution in [0.25, 0.3) is 0 Å². The molecule has 6 nitrogen and oxygen atoms in total. The van der Waals surface area contributed by atoms with Crippen molar-refractivity contribution in [1.29, 1.82) is 0 Å². The Morgan fingerprint density at radius 2 is 2.32 bits per heavy atom. The molecule has 0 aliphatic heterocycles. The molecule has 0 spiro atoms. The van der Waals surface area contributed by atoms with E-state index in [9.17, 15) is 4.79 Å². The molecule has 2 N–H and O–H groups in total. The Hall–Kier alpha value is -2.11. The number of carbonyl (C=O) groups excluding carboxylic acids is 1. The van der Waals surface area contributed by atoms with E-state index in [1.165, 1.54) is 0 Å². The van der Waals surface area contributed by atoms with Gasteiger partial charge in [0.15, 0.2) is 0 Å². The molecule has 1 amide bonds. The van der Waals surface area contributed by atoms with Crippen LogP contribution in [0.1, 0.15) is 24.0 Å². The first-order chi connectivity index (χ1) is 9.04. The first-order valence-corrected chi connectivity index (χ1v) is 6.33. The number of aryl methyl sites for hydroxylation is 2. The van der Waals surface area contributed by atoms with Gasteiger partial charge < -0.3 is 5.32 Å². The van der Waals surface area contributed by atoms with Crippen molar-refractivity contribution in [1.82, 2.24) is 25.3 Å². The molecule has 2 aromatic rings. The van der Waals surface area contributed by atoms with E-state index in [1.807, 2.05) is 32.9 Å². The highest BCUT2D eigenvalue weighted by atomic mass is 16.2. The number of amides is 1. The number of H-pyrrole nitrogens is 1. The third kappa shape index (κ3) is 3.67. The fourth-order valence-electron chi connectivity index (χ4n) is 1.96. The fourth-order valence-corrected chi connectivity index (χ4v) is 1.96. The van der Waals surface area contributed by atoms with Gasteiger partial charge in [0.05, 0.1) is 5.69 Å². The van der Waals surface area contributed by atoms with Gasteiger partial charge in [0, 0.05) is 30.0 Å². The molecule has 1 atom stereocenters. The smallest absolute Gasteiger partial charge is 0.241 e. The second-order valence-electron chi connectivity index (χ2n) is 4.85. The number of nitrogens with zero attached hydrogens (tertiary/aromatic N) is 3. The van der Waals surface area contributed by atoms with Gasteiger partial charge in [0.1, 0.15) is 6.54 Å². The highest BCUT2D eigenvalue weighted by molar-refractivity contribution is 5.76. The Morgan fingerprint density at radius 1 is 1.53 bits per heavy atom. The number of hydrogen-bond donors (Lipinski definition) is 2. The standard InChI is InChI=1S/C13H19N5O/c1-9(6-12-7-10(2)16-17-12)15-13(19)8-18-11(3)4-5-14-18/h4-5,7,9H,6,8H2,1-3H3,(H,15,19)(H,16,17). The molecule has 6 heteroatoms. The van der Waals surface area contributed by atoms with Gasteiger partial charge in [-0.1, -0.05) is 0 Å². The Labute approximate surface area is 112 Å². The van der Waals surface area contributed by atoms with Crippen molar-refractivity contribution in [2.45, 2.75) is 39.8 Å².